The highest BCUT2D eigenvalue weighted by Crippen LogP contribution is 2.08. The van der Waals surface area contributed by atoms with Crippen molar-refractivity contribution in [3.63, 3.8) is 0 Å². The van der Waals surface area contributed by atoms with Crippen LogP contribution in [0.3, 0.4) is 0 Å². The molecule has 0 fully saturated rings. The third-order valence-electron chi connectivity index (χ3n) is 2.77. The van der Waals surface area contributed by atoms with Crippen molar-refractivity contribution in [1.82, 2.24) is 9.80 Å². The van der Waals surface area contributed by atoms with Gasteiger partial charge in [0.15, 0.2) is 0 Å². The molecule has 3 N–H and O–H groups in total. The lowest BCUT2D eigenvalue weighted by molar-refractivity contribution is -0.138. The number of urea groups is 1. The first-order valence-corrected chi connectivity index (χ1v) is 6.35. The maximum absolute atomic E-state index is 12.2. The van der Waals surface area contributed by atoms with Crippen molar-refractivity contribution < 1.29 is 19.5 Å². The largest absolute Gasteiger partial charge is 0.480 e. The average Bonchev–Trinajstić information content (AvgIpc) is 2.35. The van der Waals surface area contributed by atoms with E-state index < -0.39 is 31.0 Å². The molecule has 7 nitrogen and oxygen atoms in total. The van der Waals surface area contributed by atoms with Crippen molar-refractivity contribution in [1.29, 1.82) is 0 Å². The van der Waals surface area contributed by atoms with Gasteiger partial charge in [-0.3, -0.25) is 9.59 Å². The van der Waals surface area contributed by atoms with Crippen LogP contribution in [0.25, 0.3) is 0 Å². The summed E-state index contributed by atoms with van der Waals surface area (Å²) in [6, 6.07) is 7.06. The van der Waals surface area contributed by atoms with Crippen LogP contribution in [0.5, 0.6) is 0 Å². The number of carbonyl (C=O) groups excluding carboxylic acids is 2. The number of rotatable bonds is 6. The fraction of sp³-hybridized carbons (Fsp3) is 0.357. The van der Waals surface area contributed by atoms with E-state index in [0.717, 1.165) is 16.0 Å². The summed E-state index contributed by atoms with van der Waals surface area (Å²) in [7, 11) is 1.54. The number of aliphatic carboxylic acids is 1. The maximum atomic E-state index is 12.2. The Bertz CT molecular complexity index is 529. The maximum Gasteiger partial charge on any atom is 0.323 e. The number of amides is 3. The number of hydrogen-bond acceptors (Lipinski definition) is 3. The Morgan fingerprint density at radius 1 is 1.24 bits per heavy atom. The Morgan fingerprint density at radius 2 is 1.90 bits per heavy atom. The third-order valence-corrected chi connectivity index (χ3v) is 2.77. The van der Waals surface area contributed by atoms with Crippen molar-refractivity contribution in [2.45, 2.75) is 13.5 Å². The zero-order chi connectivity index (χ0) is 16.0. The summed E-state index contributed by atoms with van der Waals surface area (Å²) >= 11 is 0. The van der Waals surface area contributed by atoms with Gasteiger partial charge in [0.25, 0.3) is 0 Å². The van der Waals surface area contributed by atoms with Crippen LogP contribution in [0.4, 0.5) is 4.79 Å². The zero-order valence-electron chi connectivity index (χ0n) is 12.1. The molecule has 0 aromatic heterocycles. The van der Waals surface area contributed by atoms with Gasteiger partial charge in [0, 0.05) is 13.6 Å². The monoisotopic (exact) mass is 293 g/mol. The van der Waals surface area contributed by atoms with Gasteiger partial charge in [0.05, 0.1) is 0 Å². The highest BCUT2D eigenvalue weighted by atomic mass is 16.4. The Hall–Kier alpha value is -2.57. The van der Waals surface area contributed by atoms with Gasteiger partial charge in [-0.25, -0.2) is 4.79 Å². The van der Waals surface area contributed by atoms with Crippen molar-refractivity contribution in [3.8, 4) is 0 Å². The van der Waals surface area contributed by atoms with Crippen molar-refractivity contribution in [2.24, 2.45) is 5.73 Å². The van der Waals surface area contributed by atoms with E-state index in [1.807, 2.05) is 31.2 Å². The minimum Gasteiger partial charge on any atom is -0.480 e. The van der Waals surface area contributed by atoms with Crippen LogP contribution in [0.1, 0.15) is 11.1 Å². The molecule has 0 unspecified atom stereocenters. The van der Waals surface area contributed by atoms with Gasteiger partial charge < -0.3 is 20.6 Å². The Labute approximate surface area is 122 Å². The Kier molecular flexibility index (Phi) is 5.71. The topological polar surface area (TPSA) is 104 Å². The van der Waals surface area contributed by atoms with Gasteiger partial charge in [-0.1, -0.05) is 29.8 Å². The lowest BCUT2D eigenvalue weighted by Gasteiger charge is -2.26. The molecule has 0 spiro atoms. The molecule has 0 aliphatic carbocycles. The number of nitrogens with two attached hydrogens (primary N) is 1. The summed E-state index contributed by atoms with van der Waals surface area (Å²) in [5.41, 5.74) is 7.01. The van der Waals surface area contributed by atoms with E-state index in [9.17, 15) is 14.4 Å². The molecule has 3 amide bonds. The molecule has 21 heavy (non-hydrogen) atoms. The first-order chi connectivity index (χ1) is 9.79. The van der Waals surface area contributed by atoms with Gasteiger partial charge in [-0.15, -0.1) is 0 Å². The second-order valence-corrected chi connectivity index (χ2v) is 4.84. The molecule has 0 aliphatic heterocycles. The van der Waals surface area contributed by atoms with Crippen LogP contribution >= 0.6 is 0 Å². The molecule has 0 aliphatic rings. The Morgan fingerprint density at radius 3 is 2.43 bits per heavy atom. The van der Waals surface area contributed by atoms with Crippen LogP contribution in [0, 0.1) is 6.92 Å². The number of carboxylic acids is 1. The molecule has 114 valence electrons. The molecule has 1 aromatic carbocycles. The smallest absolute Gasteiger partial charge is 0.323 e. The summed E-state index contributed by atoms with van der Waals surface area (Å²) < 4.78 is 0. The molecule has 0 saturated carbocycles. The second-order valence-electron chi connectivity index (χ2n) is 4.84. The van der Waals surface area contributed by atoms with Crippen LogP contribution in [-0.2, 0) is 16.1 Å². The first-order valence-electron chi connectivity index (χ1n) is 6.35. The zero-order valence-corrected chi connectivity index (χ0v) is 12.1. The molecule has 0 bridgehead atoms. The van der Waals surface area contributed by atoms with E-state index in [4.69, 9.17) is 10.8 Å². The van der Waals surface area contributed by atoms with Crippen LogP contribution in [0.2, 0.25) is 0 Å². The summed E-state index contributed by atoms with van der Waals surface area (Å²) in [4.78, 5) is 36.1. The van der Waals surface area contributed by atoms with Gasteiger partial charge in [0.2, 0.25) is 5.91 Å². The minimum atomic E-state index is -1.20. The summed E-state index contributed by atoms with van der Waals surface area (Å²) in [5.74, 6) is -1.96. The predicted octanol–water partition coefficient (Wildman–Crippen LogP) is 0.419. The number of carboxylic acid groups (broad SMARTS) is 1. The van der Waals surface area contributed by atoms with Crippen LogP contribution in [0.15, 0.2) is 24.3 Å². The van der Waals surface area contributed by atoms with Crippen molar-refractivity contribution in [3.05, 3.63) is 35.4 Å². The fourth-order valence-electron chi connectivity index (χ4n) is 1.94. The molecule has 1 rings (SSSR count). The molecular weight excluding hydrogens is 274 g/mol. The first kappa shape index (κ1) is 16.5. The molecule has 0 saturated heterocycles. The molecular formula is C14H19N3O4. The third kappa shape index (κ3) is 5.52. The van der Waals surface area contributed by atoms with E-state index in [1.54, 1.807) is 7.05 Å². The lowest BCUT2D eigenvalue weighted by atomic mass is 10.1. The standard InChI is InChI=1S/C14H19N3O4/c1-10-4-3-5-11(6-10)7-16(2)14(21)17(8-12(15)18)9-13(19)20/h3-6H,7-9H2,1-2H3,(H2,15,18)(H,19,20). The number of carbonyl (C=O) groups is 3. The van der Waals surface area contributed by atoms with Crippen LogP contribution < -0.4 is 5.73 Å². The van der Waals surface area contributed by atoms with E-state index in [0.29, 0.717) is 6.54 Å². The van der Waals surface area contributed by atoms with Gasteiger partial charge in [-0.2, -0.15) is 0 Å². The summed E-state index contributed by atoms with van der Waals surface area (Å²) in [6.45, 7) is 1.26. The predicted molar refractivity (Wildman–Crippen MR) is 76.4 cm³/mol. The van der Waals surface area contributed by atoms with E-state index >= 15 is 0 Å². The molecule has 0 atom stereocenters. The number of benzene rings is 1. The molecule has 0 heterocycles. The average molecular weight is 293 g/mol. The number of hydrogen-bond donors (Lipinski definition) is 2. The SMILES string of the molecule is Cc1cccc(CN(C)C(=O)N(CC(N)=O)CC(=O)O)c1. The number of primary amides is 1. The summed E-state index contributed by atoms with van der Waals surface area (Å²) in [5, 5.41) is 8.79. The van der Waals surface area contributed by atoms with Gasteiger partial charge in [-0.05, 0) is 12.5 Å². The van der Waals surface area contributed by atoms with Gasteiger partial charge >= 0.3 is 12.0 Å². The molecule has 7 heteroatoms. The van der Waals surface area contributed by atoms with E-state index in [2.05, 4.69) is 0 Å². The van der Waals surface area contributed by atoms with Crippen LogP contribution in [-0.4, -0.2) is 53.0 Å². The van der Waals surface area contributed by atoms with E-state index in [-0.39, 0.29) is 0 Å². The minimum absolute atomic E-state index is 0.315. The summed E-state index contributed by atoms with van der Waals surface area (Å²) in [6.07, 6.45) is 0. The highest BCUT2D eigenvalue weighted by molar-refractivity contribution is 5.85. The number of nitrogens with zero attached hydrogens (tertiary/aromatic N) is 2. The Balaban J connectivity index is 2.77. The fourth-order valence-corrected chi connectivity index (χ4v) is 1.94. The van der Waals surface area contributed by atoms with Crippen molar-refractivity contribution in [2.75, 3.05) is 20.1 Å². The van der Waals surface area contributed by atoms with E-state index in [1.165, 1.54) is 4.90 Å². The quantitative estimate of drug-likeness (QED) is 0.793. The number of aryl methyl sites for hydroxylation is 1. The lowest BCUT2D eigenvalue weighted by Crippen LogP contribution is -2.47. The van der Waals surface area contributed by atoms with Crippen molar-refractivity contribution >= 4 is 17.9 Å². The molecule has 1 aromatic rings. The normalized spacial score (nSPS) is 10.0. The second kappa shape index (κ2) is 7.28. The highest BCUT2D eigenvalue weighted by Gasteiger charge is 2.22. The van der Waals surface area contributed by atoms with Gasteiger partial charge in [0.1, 0.15) is 13.1 Å². The molecule has 0 radical (unpaired) electrons.